The summed E-state index contributed by atoms with van der Waals surface area (Å²) in [5, 5.41) is 13.9. The summed E-state index contributed by atoms with van der Waals surface area (Å²) in [6.45, 7) is 3.15. The third kappa shape index (κ3) is 10.7. The normalized spacial score (nSPS) is 17.6. The molecule has 0 aromatic heterocycles. The van der Waals surface area contributed by atoms with Crippen molar-refractivity contribution in [1.29, 1.82) is 0 Å². The SMILES string of the molecule is CCCC(=O)OCC1CO1.O=C(O)O. The summed E-state index contributed by atoms with van der Waals surface area (Å²) >= 11 is 0. The Hall–Kier alpha value is -1.30. The predicted molar refractivity (Wildman–Crippen MR) is 46.3 cm³/mol. The summed E-state index contributed by atoms with van der Waals surface area (Å²) in [7, 11) is 0. The van der Waals surface area contributed by atoms with Crippen molar-refractivity contribution >= 4 is 12.1 Å². The first-order valence-corrected chi connectivity index (χ1v) is 4.25. The van der Waals surface area contributed by atoms with Gasteiger partial charge in [-0.3, -0.25) is 4.79 Å². The summed E-state index contributed by atoms with van der Waals surface area (Å²) in [5.74, 6) is -0.113. The van der Waals surface area contributed by atoms with Gasteiger partial charge in [0.25, 0.3) is 0 Å². The first-order chi connectivity index (χ1) is 6.56. The molecule has 0 saturated carbocycles. The second-order valence-corrected chi connectivity index (χ2v) is 2.67. The van der Waals surface area contributed by atoms with Crippen LogP contribution in [-0.2, 0) is 14.3 Å². The molecule has 1 saturated heterocycles. The molecule has 0 bridgehead atoms. The van der Waals surface area contributed by atoms with Crippen LogP contribution in [0.1, 0.15) is 19.8 Å². The number of ether oxygens (including phenoxy) is 2. The van der Waals surface area contributed by atoms with Crippen molar-refractivity contribution in [1.82, 2.24) is 0 Å². The fourth-order valence-corrected chi connectivity index (χ4v) is 0.626. The highest BCUT2D eigenvalue weighted by molar-refractivity contribution is 5.69. The Kier molecular flexibility index (Phi) is 6.47. The monoisotopic (exact) mass is 206 g/mol. The lowest BCUT2D eigenvalue weighted by atomic mass is 10.3. The molecule has 1 aliphatic heterocycles. The highest BCUT2D eigenvalue weighted by Crippen LogP contribution is 2.08. The molecule has 1 unspecified atom stereocenters. The van der Waals surface area contributed by atoms with E-state index in [0.29, 0.717) is 13.0 Å². The Morgan fingerprint density at radius 3 is 2.36 bits per heavy atom. The van der Waals surface area contributed by atoms with Gasteiger partial charge < -0.3 is 19.7 Å². The topological polar surface area (TPSA) is 96.4 Å². The van der Waals surface area contributed by atoms with E-state index in [1.54, 1.807) is 0 Å². The second-order valence-electron chi connectivity index (χ2n) is 2.67. The van der Waals surface area contributed by atoms with Crippen molar-refractivity contribution in [3.05, 3.63) is 0 Å². The highest BCUT2D eigenvalue weighted by atomic mass is 16.6. The fourth-order valence-electron chi connectivity index (χ4n) is 0.626. The van der Waals surface area contributed by atoms with Gasteiger partial charge in [0.2, 0.25) is 0 Å². The number of carboxylic acid groups (broad SMARTS) is 2. The van der Waals surface area contributed by atoms with Crippen LogP contribution in [0.5, 0.6) is 0 Å². The van der Waals surface area contributed by atoms with Gasteiger partial charge in [-0.05, 0) is 6.42 Å². The minimum absolute atomic E-state index is 0.113. The van der Waals surface area contributed by atoms with Crippen LogP contribution >= 0.6 is 0 Å². The maximum atomic E-state index is 10.7. The summed E-state index contributed by atoms with van der Waals surface area (Å²) in [4.78, 5) is 19.3. The van der Waals surface area contributed by atoms with E-state index in [-0.39, 0.29) is 12.1 Å². The van der Waals surface area contributed by atoms with Crippen molar-refractivity contribution in [3.8, 4) is 0 Å². The molecule has 1 atom stereocenters. The largest absolute Gasteiger partial charge is 0.503 e. The minimum atomic E-state index is -1.83. The van der Waals surface area contributed by atoms with Gasteiger partial charge >= 0.3 is 12.1 Å². The second kappa shape index (κ2) is 7.14. The number of epoxide rings is 1. The average molecular weight is 206 g/mol. The molecule has 0 amide bonds. The van der Waals surface area contributed by atoms with Crippen molar-refractivity contribution < 1.29 is 29.3 Å². The van der Waals surface area contributed by atoms with Crippen LogP contribution in [0.4, 0.5) is 4.79 Å². The van der Waals surface area contributed by atoms with Crippen LogP contribution in [-0.4, -0.2) is 41.7 Å². The number of carbonyl (C=O) groups excluding carboxylic acids is 1. The molecule has 0 aromatic carbocycles. The maximum Gasteiger partial charge on any atom is 0.503 e. The third-order valence-corrected chi connectivity index (χ3v) is 1.29. The van der Waals surface area contributed by atoms with E-state index in [4.69, 9.17) is 24.5 Å². The Labute approximate surface area is 81.4 Å². The molecule has 1 fully saturated rings. The Morgan fingerprint density at radius 1 is 1.50 bits per heavy atom. The van der Waals surface area contributed by atoms with Gasteiger partial charge in [-0.15, -0.1) is 0 Å². The number of carbonyl (C=O) groups is 2. The van der Waals surface area contributed by atoms with Crippen molar-refractivity contribution in [2.75, 3.05) is 13.2 Å². The van der Waals surface area contributed by atoms with E-state index in [1.807, 2.05) is 6.92 Å². The molecule has 6 heteroatoms. The molecule has 82 valence electrons. The van der Waals surface area contributed by atoms with E-state index in [0.717, 1.165) is 13.0 Å². The molecule has 1 heterocycles. The van der Waals surface area contributed by atoms with Crippen LogP contribution < -0.4 is 0 Å². The van der Waals surface area contributed by atoms with Gasteiger partial charge in [-0.2, -0.15) is 0 Å². The Balaban J connectivity index is 0.000000364. The fraction of sp³-hybridized carbons (Fsp3) is 0.750. The zero-order chi connectivity index (χ0) is 11.0. The van der Waals surface area contributed by atoms with Gasteiger partial charge in [-0.25, -0.2) is 4.79 Å². The van der Waals surface area contributed by atoms with E-state index in [2.05, 4.69) is 0 Å². The molecule has 0 aromatic rings. The molecule has 6 nitrogen and oxygen atoms in total. The van der Waals surface area contributed by atoms with Crippen molar-refractivity contribution in [2.45, 2.75) is 25.9 Å². The third-order valence-electron chi connectivity index (χ3n) is 1.29. The molecule has 0 aliphatic carbocycles. The highest BCUT2D eigenvalue weighted by Gasteiger charge is 2.23. The summed E-state index contributed by atoms with van der Waals surface area (Å²) < 4.78 is 9.70. The summed E-state index contributed by atoms with van der Waals surface area (Å²) in [6.07, 6.45) is -0.266. The molecule has 1 aliphatic rings. The zero-order valence-corrected chi connectivity index (χ0v) is 7.93. The van der Waals surface area contributed by atoms with Gasteiger partial charge in [0.05, 0.1) is 6.61 Å². The average Bonchev–Trinajstić information content (AvgIpc) is 2.83. The predicted octanol–water partition coefficient (Wildman–Crippen LogP) is 0.951. The molecule has 0 radical (unpaired) electrons. The van der Waals surface area contributed by atoms with E-state index < -0.39 is 6.16 Å². The lowest BCUT2D eigenvalue weighted by Gasteiger charge is -1.99. The van der Waals surface area contributed by atoms with Crippen LogP contribution in [0, 0.1) is 0 Å². The molecule has 14 heavy (non-hydrogen) atoms. The molecule has 2 N–H and O–H groups in total. The van der Waals surface area contributed by atoms with Crippen LogP contribution in [0.2, 0.25) is 0 Å². The van der Waals surface area contributed by atoms with E-state index in [9.17, 15) is 4.79 Å². The first-order valence-electron chi connectivity index (χ1n) is 4.25. The quantitative estimate of drug-likeness (QED) is 0.525. The Bertz CT molecular complexity index is 182. The number of esters is 1. The van der Waals surface area contributed by atoms with E-state index >= 15 is 0 Å². The van der Waals surface area contributed by atoms with E-state index in [1.165, 1.54) is 0 Å². The van der Waals surface area contributed by atoms with Crippen LogP contribution in [0.25, 0.3) is 0 Å². The maximum absolute atomic E-state index is 10.7. The zero-order valence-electron chi connectivity index (χ0n) is 7.93. The van der Waals surface area contributed by atoms with Crippen molar-refractivity contribution in [2.24, 2.45) is 0 Å². The van der Waals surface area contributed by atoms with Gasteiger partial charge in [-0.1, -0.05) is 6.92 Å². The molecular formula is C8H14O6. The van der Waals surface area contributed by atoms with Crippen molar-refractivity contribution in [3.63, 3.8) is 0 Å². The molecule has 1 rings (SSSR count). The Morgan fingerprint density at radius 2 is 2.00 bits per heavy atom. The van der Waals surface area contributed by atoms with Crippen LogP contribution in [0.15, 0.2) is 0 Å². The molecular weight excluding hydrogens is 192 g/mol. The number of hydrogen-bond acceptors (Lipinski definition) is 4. The standard InChI is InChI=1S/C7H12O3.CH2O3/c1-2-3-7(8)10-5-6-4-9-6;2-1(3)4/h6H,2-5H2,1H3;(H2,2,3,4). The smallest absolute Gasteiger partial charge is 0.463 e. The number of hydrogen-bond donors (Lipinski definition) is 2. The summed E-state index contributed by atoms with van der Waals surface area (Å²) in [5.41, 5.74) is 0. The van der Waals surface area contributed by atoms with Gasteiger partial charge in [0.1, 0.15) is 12.7 Å². The number of rotatable bonds is 4. The minimum Gasteiger partial charge on any atom is -0.463 e. The van der Waals surface area contributed by atoms with Gasteiger partial charge in [0.15, 0.2) is 0 Å². The first kappa shape index (κ1) is 12.7. The molecule has 0 spiro atoms. The van der Waals surface area contributed by atoms with Crippen LogP contribution in [0.3, 0.4) is 0 Å². The lowest BCUT2D eigenvalue weighted by molar-refractivity contribution is -0.144. The summed E-state index contributed by atoms with van der Waals surface area (Å²) in [6, 6.07) is 0. The van der Waals surface area contributed by atoms with Gasteiger partial charge in [0, 0.05) is 6.42 Å². The lowest BCUT2D eigenvalue weighted by Crippen LogP contribution is -2.08.